The van der Waals surface area contributed by atoms with Gasteiger partial charge in [-0.1, -0.05) is 47.5 Å². The van der Waals surface area contributed by atoms with E-state index in [1.54, 1.807) is 30.3 Å². The first-order valence-corrected chi connectivity index (χ1v) is 9.82. The Morgan fingerprint density at radius 2 is 1.55 bits per heavy atom. The molecule has 0 aromatic heterocycles. The normalized spacial score (nSPS) is 13.9. The molecule has 1 heterocycles. The van der Waals surface area contributed by atoms with E-state index in [9.17, 15) is 18.4 Å². The Hall–Kier alpha value is -3.51. The quantitative estimate of drug-likeness (QED) is 0.537. The van der Waals surface area contributed by atoms with Gasteiger partial charge in [0.15, 0.2) is 11.6 Å². The van der Waals surface area contributed by atoms with Crippen LogP contribution in [0.2, 0.25) is 5.02 Å². The molecule has 1 N–H and O–H groups in total. The van der Waals surface area contributed by atoms with Crippen molar-refractivity contribution in [3.8, 4) is 0 Å². The van der Waals surface area contributed by atoms with Crippen LogP contribution in [0.1, 0.15) is 16.7 Å². The Balaban J connectivity index is 1.85. The highest BCUT2D eigenvalue weighted by Crippen LogP contribution is 2.35. The van der Waals surface area contributed by atoms with Crippen LogP contribution < -0.4 is 10.2 Å². The summed E-state index contributed by atoms with van der Waals surface area (Å²) in [5.41, 5.74) is 2.98. The number of hydrogen-bond acceptors (Lipinski definition) is 3. The number of nitrogens with zero attached hydrogens (tertiary/aromatic N) is 1. The van der Waals surface area contributed by atoms with Crippen LogP contribution in [0, 0.1) is 25.5 Å². The van der Waals surface area contributed by atoms with Crippen LogP contribution in [-0.4, -0.2) is 11.8 Å². The minimum absolute atomic E-state index is 0.0314. The van der Waals surface area contributed by atoms with E-state index in [2.05, 4.69) is 5.32 Å². The summed E-state index contributed by atoms with van der Waals surface area (Å²) >= 11 is 6.10. The molecular weight excluding hydrogens is 422 g/mol. The molecule has 156 valence electrons. The van der Waals surface area contributed by atoms with E-state index in [1.807, 2.05) is 26.0 Å². The molecule has 7 heteroatoms. The molecule has 1 aliphatic rings. The predicted molar refractivity (Wildman–Crippen MR) is 117 cm³/mol. The number of amides is 2. The van der Waals surface area contributed by atoms with E-state index in [-0.39, 0.29) is 17.0 Å². The Labute approximate surface area is 182 Å². The molecule has 0 saturated heterocycles. The van der Waals surface area contributed by atoms with Crippen molar-refractivity contribution in [1.82, 2.24) is 0 Å². The SMILES string of the molecule is Cc1ccc(C2=C(Nc3cc(Cl)ccc3C)C(=O)N(c3ccc(F)c(F)c3)C2=O)cc1. The fourth-order valence-electron chi connectivity index (χ4n) is 3.36. The molecule has 3 aromatic rings. The first kappa shape index (κ1) is 20.8. The molecule has 0 fully saturated rings. The van der Waals surface area contributed by atoms with E-state index in [0.717, 1.165) is 28.2 Å². The van der Waals surface area contributed by atoms with Gasteiger partial charge in [0.25, 0.3) is 11.8 Å². The molecule has 0 radical (unpaired) electrons. The average molecular weight is 439 g/mol. The summed E-state index contributed by atoms with van der Waals surface area (Å²) in [6.45, 7) is 3.74. The summed E-state index contributed by atoms with van der Waals surface area (Å²) in [4.78, 5) is 27.4. The van der Waals surface area contributed by atoms with Crippen molar-refractivity contribution in [3.63, 3.8) is 0 Å². The van der Waals surface area contributed by atoms with Crippen LogP contribution in [0.25, 0.3) is 5.57 Å². The average Bonchev–Trinajstić information content (AvgIpc) is 2.97. The molecule has 0 bridgehead atoms. The highest BCUT2D eigenvalue weighted by molar-refractivity contribution is 6.46. The fourth-order valence-corrected chi connectivity index (χ4v) is 3.53. The van der Waals surface area contributed by atoms with Crippen LogP contribution in [0.3, 0.4) is 0 Å². The molecule has 0 unspecified atom stereocenters. The first-order chi connectivity index (χ1) is 14.8. The van der Waals surface area contributed by atoms with E-state index in [4.69, 9.17) is 11.6 Å². The van der Waals surface area contributed by atoms with Crippen LogP contribution in [0.4, 0.5) is 20.2 Å². The van der Waals surface area contributed by atoms with Gasteiger partial charge in [-0.15, -0.1) is 0 Å². The highest BCUT2D eigenvalue weighted by Gasteiger charge is 2.40. The maximum absolute atomic E-state index is 13.8. The second-order valence-electron chi connectivity index (χ2n) is 7.24. The zero-order valence-electron chi connectivity index (χ0n) is 16.7. The second-order valence-corrected chi connectivity index (χ2v) is 7.68. The molecule has 3 aromatic carbocycles. The maximum Gasteiger partial charge on any atom is 0.282 e. The Kier molecular flexibility index (Phi) is 5.33. The molecule has 0 atom stereocenters. The second kappa shape index (κ2) is 7.96. The van der Waals surface area contributed by atoms with Crippen molar-refractivity contribution < 1.29 is 18.4 Å². The molecule has 2 amide bonds. The smallest absolute Gasteiger partial charge is 0.282 e. The summed E-state index contributed by atoms with van der Waals surface area (Å²) in [6.07, 6.45) is 0. The number of anilines is 2. The van der Waals surface area contributed by atoms with Gasteiger partial charge in [-0.25, -0.2) is 13.7 Å². The van der Waals surface area contributed by atoms with Crippen LogP contribution in [0.15, 0.2) is 66.4 Å². The van der Waals surface area contributed by atoms with Gasteiger partial charge >= 0.3 is 0 Å². The largest absolute Gasteiger partial charge is 0.350 e. The fraction of sp³-hybridized carbons (Fsp3) is 0.0833. The third kappa shape index (κ3) is 3.82. The maximum atomic E-state index is 13.8. The summed E-state index contributed by atoms with van der Waals surface area (Å²) in [7, 11) is 0. The van der Waals surface area contributed by atoms with E-state index < -0.39 is 23.4 Å². The van der Waals surface area contributed by atoms with Crippen molar-refractivity contribution >= 4 is 40.4 Å². The van der Waals surface area contributed by atoms with Crippen molar-refractivity contribution in [1.29, 1.82) is 0 Å². The number of halogens is 3. The van der Waals surface area contributed by atoms with Crippen LogP contribution >= 0.6 is 11.6 Å². The molecular formula is C24H17ClF2N2O2. The van der Waals surface area contributed by atoms with Crippen LogP contribution in [0.5, 0.6) is 0 Å². The molecule has 0 spiro atoms. The summed E-state index contributed by atoms with van der Waals surface area (Å²) in [5, 5.41) is 3.49. The van der Waals surface area contributed by atoms with Gasteiger partial charge in [0.05, 0.1) is 11.3 Å². The number of carbonyl (C=O) groups excluding carboxylic acids is 2. The molecule has 31 heavy (non-hydrogen) atoms. The Morgan fingerprint density at radius 1 is 0.839 bits per heavy atom. The molecule has 4 rings (SSSR count). The van der Waals surface area contributed by atoms with Crippen molar-refractivity contribution in [2.45, 2.75) is 13.8 Å². The van der Waals surface area contributed by atoms with Gasteiger partial charge in [0.2, 0.25) is 0 Å². The van der Waals surface area contributed by atoms with Gasteiger partial charge in [-0.3, -0.25) is 9.59 Å². The molecule has 4 nitrogen and oxygen atoms in total. The van der Waals surface area contributed by atoms with Crippen molar-refractivity contribution in [2.75, 3.05) is 10.2 Å². The number of imide groups is 1. The number of rotatable bonds is 4. The topological polar surface area (TPSA) is 49.4 Å². The van der Waals surface area contributed by atoms with Gasteiger partial charge in [-0.2, -0.15) is 0 Å². The van der Waals surface area contributed by atoms with E-state index in [1.165, 1.54) is 6.07 Å². The van der Waals surface area contributed by atoms with E-state index in [0.29, 0.717) is 16.3 Å². The minimum atomic E-state index is -1.15. The Bertz CT molecular complexity index is 1250. The van der Waals surface area contributed by atoms with Crippen molar-refractivity contribution in [2.24, 2.45) is 0 Å². The number of carbonyl (C=O) groups is 2. The van der Waals surface area contributed by atoms with Crippen molar-refractivity contribution in [3.05, 3.63) is 99.7 Å². The molecule has 1 aliphatic heterocycles. The lowest BCUT2D eigenvalue weighted by Gasteiger charge is -2.16. The first-order valence-electron chi connectivity index (χ1n) is 9.44. The monoisotopic (exact) mass is 438 g/mol. The minimum Gasteiger partial charge on any atom is -0.350 e. The number of benzene rings is 3. The summed E-state index contributed by atoms with van der Waals surface area (Å²) in [5.74, 6) is -3.53. The standard InChI is InChI=1S/C24H17ClF2N2O2/c1-13-3-6-15(7-4-13)21-22(28-20-11-16(25)8-5-14(20)2)24(31)29(23(21)30)17-9-10-18(26)19(27)12-17/h3-12,28H,1-2H3. The predicted octanol–water partition coefficient (Wildman–Crippen LogP) is 5.63. The molecule has 0 aliphatic carbocycles. The number of aryl methyl sites for hydroxylation is 2. The number of hydrogen-bond donors (Lipinski definition) is 1. The summed E-state index contributed by atoms with van der Waals surface area (Å²) < 4.78 is 27.2. The molecule has 0 saturated carbocycles. The lowest BCUT2D eigenvalue weighted by Crippen LogP contribution is -2.32. The lowest BCUT2D eigenvalue weighted by molar-refractivity contribution is -0.120. The van der Waals surface area contributed by atoms with Crippen LogP contribution in [-0.2, 0) is 9.59 Å². The highest BCUT2D eigenvalue weighted by atomic mass is 35.5. The third-order valence-electron chi connectivity index (χ3n) is 5.04. The summed E-state index contributed by atoms with van der Waals surface area (Å²) in [6, 6.07) is 15.1. The van der Waals surface area contributed by atoms with Gasteiger partial charge in [-0.05, 0) is 49.2 Å². The van der Waals surface area contributed by atoms with Gasteiger partial charge in [0.1, 0.15) is 5.70 Å². The van der Waals surface area contributed by atoms with E-state index >= 15 is 0 Å². The van der Waals surface area contributed by atoms with Gasteiger partial charge in [0, 0.05) is 16.8 Å². The zero-order chi connectivity index (χ0) is 22.3. The van der Waals surface area contributed by atoms with Gasteiger partial charge < -0.3 is 5.32 Å². The number of nitrogens with one attached hydrogen (secondary N) is 1. The zero-order valence-corrected chi connectivity index (χ0v) is 17.4. The Morgan fingerprint density at radius 3 is 2.23 bits per heavy atom. The lowest BCUT2D eigenvalue weighted by atomic mass is 10.0. The third-order valence-corrected chi connectivity index (χ3v) is 5.28.